The lowest BCUT2D eigenvalue weighted by atomic mass is 9.96. The Kier molecular flexibility index (Phi) is 4.57. The molecule has 3 aromatic carbocycles. The van der Waals surface area contributed by atoms with Crippen LogP contribution in [0.2, 0.25) is 0 Å². The highest BCUT2D eigenvalue weighted by atomic mass is 32.1. The van der Waals surface area contributed by atoms with Crippen molar-refractivity contribution in [3.63, 3.8) is 0 Å². The van der Waals surface area contributed by atoms with E-state index in [-0.39, 0.29) is 0 Å². The van der Waals surface area contributed by atoms with Crippen LogP contribution in [0.3, 0.4) is 0 Å². The zero-order chi connectivity index (χ0) is 20.8. The third-order valence-corrected chi connectivity index (χ3v) is 4.99. The van der Waals surface area contributed by atoms with Gasteiger partial charge in [-0.2, -0.15) is 35.1 Å². The lowest BCUT2D eigenvalue weighted by Crippen LogP contribution is -2.04. The molecule has 29 heavy (non-hydrogen) atoms. The van der Waals surface area contributed by atoms with Gasteiger partial charge in [0.2, 0.25) is 0 Å². The fraction of sp³-hybridized carbons (Fsp3) is 0.100. The molecule has 0 N–H and O–H groups in total. The van der Waals surface area contributed by atoms with E-state index in [2.05, 4.69) is 8.75 Å². The molecule has 9 heteroatoms. The summed E-state index contributed by atoms with van der Waals surface area (Å²) < 4.78 is 85.1. The summed E-state index contributed by atoms with van der Waals surface area (Å²) in [5.41, 5.74) is 1.71. The molecule has 0 fully saturated rings. The average molecular weight is 424 g/mol. The summed E-state index contributed by atoms with van der Waals surface area (Å²) >= 11 is 0.925. The normalized spacial score (nSPS) is 12.5. The number of nitrogens with zero attached hydrogens (tertiary/aromatic N) is 2. The molecule has 0 saturated heterocycles. The van der Waals surface area contributed by atoms with Gasteiger partial charge in [0.1, 0.15) is 11.0 Å². The van der Waals surface area contributed by atoms with E-state index in [0.29, 0.717) is 33.3 Å². The highest BCUT2D eigenvalue weighted by Gasteiger charge is 2.31. The summed E-state index contributed by atoms with van der Waals surface area (Å²) in [7, 11) is 0. The molecule has 2 nitrogen and oxygen atoms in total. The van der Waals surface area contributed by atoms with Crippen molar-refractivity contribution in [1.29, 1.82) is 0 Å². The molecule has 4 rings (SSSR count). The summed E-state index contributed by atoms with van der Waals surface area (Å²) in [5.74, 6) is 0. The molecular weight excluding hydrogens is 414 g/mol. The number of alkyl halides is 6. The van der Waals surface area contributed by atoms with Crippen molar-refractivity contribution in [2.24, 2.45) is 0 Å². The molecular formula is C20H10F6N2S. The Balaban J connectivity index is 1.77. The first-order valence-corrected chi connectivity index (χ1v) is 8.98. The molecule has 0 atom stereocenters. The van der Waals surface area contributed by atoms with Crippen molar-refractivity contribution in [2.45, 2.75) is 12.4 Å². The van der Waals surface area contributed by atoms with Gasteiger partial charge in [0.25, 0.3) is 0 Å². The maximum atomic E-state index is 12.8. The van der Waals surface area contributed by atoms with Crippen LogP contribution in [0.4, 0.5) is 26.3 Å². The predicted octanol–water partition coefficient (Wildman–Crippen LogP) is 7.06. The van der Waals surface area contributed by atoms with Crippen LogP contribution in [-0.4, -0.2) is 8.75 Å². The quantitative estimate of drug-likeness (QED) is 0.322. The topological polar surface area (TPSA) is 25.8 Å². The summed E-state index contributed by atoms with van der Waals surface area (Å²) in [5, 5.41) is 0. The molecule has 0 spiro atoms. The number of hydrogen-bond acceptors (Lipinski definition) is 3. The van der Waals surface area contributed by atoms with E-state index in [1.807, 2.05) is 0 Å². The maximum Gasteiger partial charge on any atom is 0.416 e. The second-order valence-electron chi connectivity index (χ2n) is 6.27. The molecule has 1 heterocycles. The summed E-state index contributed by atoms with van der Waals surface area (Å²) in [6.45, 7) is 0. The van der Waals surface area contributed by atoms with Crippen molar-refractivity contribution in [2.75, 3.05) is 0 Å². The molecule has 0 amide bonds. The van der Waals surface area contributed by atoms with Gasteiger partial charge in [-0.15, -0.1) is 0 Å². The highest BCUT2D eigenvalue weighted by Crippen LogP contribution is 2.37. The molecule has 148 valence electrons. The number of rotatable bonds is 2. The minimum Gasteiger partial charge on any atom is -0.172 e. The third-order valence-electron chi connectivity index (χ3n) is 4.46. The van der Waals surface area contributed by atoms with Gasteiger partial charge in [0.05, 0.1) is 22.9 Å². The average Bonchev–Trinajstić information content (AvgIpc) is 3.16. The molecule has 0 saturated carbocycles. The summed E-state index contributed by atoms with van der Waals surface area (Å²) in [6.07, 6.45) is -8.86. The van der Waals surface area contributed by atoms with E-state index < -0.39 is 23.5 Å². The van der Waals surface area contributed by atoms with Crippen LogP contribution < -0.4 is 0 Å². The molecule has 0 radical (unpaired) electrons. The first-order chi connectivity index (χ1) is 13.6. The minimum absolute atomic E-state index is 0.479. The third kappa shape index (κ3) is 3.69. The van der Waals surface area contributed by atoms with Crippen molar-refractivity contribution in [3.05, 3.63) is 71.8 Å². The largest absolute Gasteiger partial charge is 0.416 e. The van der Waals surface area contributed by atoms with Gasteiger partial charge in [-0.25, -0.2) is 0 Å². The van der Waals surface area contributed by atoms with Crippen molar-refractivity contribution >= 4 is 22.8 Å². The van der Waals surface area contributed by atoms with Gasteiger partial charge in [-0.05, 0) is 35.4 Å². The van der Waals surface area contributed by atoms with E-state index in [1.54, 1.807) is 12.1 Å². The molecule has 0 bridgehead atoms. The SMILES string of the molecule is FC(F)(F)c1ccc(-c2ccc(-c3ccc(C(F)(F)F)cc3)c3nsnc23)cc1. The van der Waals surface area contributed by atoms with Crippen LogP contribution in [0.1, 0.15) is 11.1 Å². The van der Waals surface area contributed by atoms with Gasteiger partial charge in [0.15, 0.2) is 0 Å². The van der Waals surface area contributed by atoms with Crippen molar-refractivity contribution in [1.82, 2.24) is 8.75 Å². The highest BCUT2D eigenvalue weighted by molar-refractivity contribution is 7.00. The van der Waals surface area contributed by atoms with Gasteiger partial charge in [-0.1, -0.05) is 36.4 Å². The summed E-state index contributed by atoms with van der Waals surface area (Å²) in [4.78, 5) is 0. The van der Waals surface area contributed by atoms with Gasteiger partial charge in [0, 0.05) is 11.1 Å². The number of benzene rings is 3. The second kappa shape index (κ2) is 6.84. The lowest BCUT2D eigenvalue weighted by molar-refractivity contribution is -0.138. The Morgan fingerprint density at radius 3 is 1.17 bits per heavy atom. The van der Waals surface area contributed by atoms with Crippen LogP contribution in [0.5, 0.6) is 0 Å². The number of hydrogen-bond donors (Lipinski definition) is 0. The first kappa shape index (κ1) is 19.4. The number of aromatic nitrogens is 2. The Morgan fingerprint density at radius 2 is 0.862 bits per heavy atom. The van der Waals surface area contributed by atoms with Crippen LogP contribution >= 0.6 is 11.7 Å². The van der Waals surface area contributed by atoms with Crippen molar-refractivity contribution in [3.8, 4) is 22.3 Å². The Hall–Kier alpha value is -2.94. The molecule has 0 aliphatic heterocycles. The van der Waals surface area contributed by atoms with Gasteiger partial charge >= 0.3 is 12.4 Å². The Bertz CT molecular complexity index is 1070. The van der Waals surface area contributed by atoms with Crippen LogP contribution in [0, 0.1) is 0 Å². The van der Waals surface area contributed by atoms with Crippen LogP contribution in [0.15, 0.2) is 60.7 Å². The van der Waals surface area contributed by atoms with E-state index >= 15 is 0 Å². The minimum atomic E-state index is -4.43. The van der Waals surface area contributed by atoms with E-state index in [9.17, 15) is 26.3 Å². The fourth-order valence-electron chi connectivity index (χ4n) is 3.01. The second-order valence-corrected chi connectivity index (χ2v) is 6.80. The van der Waals surface area contributed by atoms with E-state index in [4.69, 9.17) is 0 Å². The maximum absolute atomic E-state index is 12.8. The number of halogens is 6. The van der Waals surface area contributed by atoms with Crippen LogP contribution in [-0.2, 0) is 12.4 Å². The lowest BCUT2D eigenvalue weighted by Gasteiger charge is -2.10. The predicted molar refractivity (Wildman–Crippen MR) is 98.3 cm³/mol. The summed E-state index contributed by atoms with van der Waals surface area (Å²) in [6, 6.07) is 12.7. The zero-order valence-electron chi connectivity index (χ0n) is 14.3. The number of fused-ring (bicyclic) bond motifs is 1. The zero-order valence-corrected chi connectivity index (χ0v) is 15.2. The molecule has 4 aromatic rings. The smallest absolute Gasteiger partial charge is 0.172 e. The molecule has 0 unspecified atom stereocenters. The van der Waals surface area contributed by atoms with Crippen molar-refractivity contribution < 1.29 is 26.3 Å². The Labute approximate surface area is 164 Å². The fourth-order valence-corrected chi connectivity index (χ4v) is 3.58. The molecule has 0 aliphatic rings. The molecule has 0 aliphatic carbocycles. The first-order valence-electron chi connectivity index (χ1n) is 8.25. The standard InChI is InChI=1S/C20H10F6N2S/c21-19(22,23)13-5-1-11(2-6-13)15-9-10-16(18-17(15)27-29-28-18)12-3-7-14(8-4-12)20(24,25)26/h1-10H. The van der Waals surface area contributed by atoms with E-state index in [1.165, 1.54) is 24.3 Å². The molecule has 1 aromatic heterocycles. The monoisotopic (exact) mass is 424 g/mol. The van der Waals surface area contributed by atoms with Gasteiger partial charge < -0.3 is 0 Å². The van der Waals surface area contributed by atoms with Gasteiger partial charge in [-0.3, -0.25) is 0 Å². The van der Waals surface area contributed by atoms with Crippen LogP contribution in [0.25, 0.3) is 33.3 Å². The van der Waals surface area contributed by atoms with E-state index in [0.717, 1.165) is 36.0 Å². The Morgan fingerprint density at radius 1 is 0.517 bits per heavy atom.